The summed E-state index contributed by atoms with van der Waals surface area (Å²) in [6.07, 6.45) is 0.687. The van der Waals surface area contributed by atoms with Crippen LogP contribution in [0.25, 0.3) is 0 Å². The molecule has 0 bridgehead atoms. The van der Waals surface area contributed by atoms with E-state index in [2.05, 4.69) is 5.32 Å². The quantitative estimate of drug-likeness (QED) is 0.783. The van der Waals surface area contributed by atoms with Crippen molar-refractivity contribution >= 4 is 15.9 Å². The lowest BCUT2D eigenvalue weighted by Gasteiger charge is -2.28. The Bertz CT molecular complexity index is 896. The molecule has 0 aromatic heterocycles. The second-order valence-electron chi connectivity index (χ2n) is 6.13. The van der Waals surface area contributed by atoms with Gasteiger partial charge in [0.15, 0.2) is 0 Å². The number of amides is 1. The number of carbonyl (C=O) groups is 1. The number of nitrogens with one attached hydrogen (secondary N) is 1. The van der Waals surface area contributed by atoms with Gasteiger partial charge in [-0.05, 0) is 35.7 Å². The van der Waals surface area contributed by atoms with E-state index in [0.29, 0.717) is 38.2 Å². The Morgan fingerprint density at radius 3 is 2.69 bits per heavy atom. The summed E-state index contributed by atoms with van der Waals surface area (Å²) in [5.74, 6) is -0.317. The summed E-state index contributed by atoms with van der Waals surface area (Å²) in [5.41, 5.74) is 2.53. The van der Waals surface area contributed by atoms with Crippen molar-refractivity contribution in [1.29, 1.82) is 0 Å². The predicted octanol–water partition coefficient (Wildman–Crippen LogP) is 1.81. The fraction of sp³-hybridized carbons (Fsp3) is 0.316. The zero-order valence-electron chi connectivity index (χ0n) is 14.6. The van der Waals surface area contributed by atoms with E-state index in [0.717, 1.165) is 5.56 Å². The lowest BCUT2D eigenvalue weighted by Crippen LogP contribution is -2.36. The molecular weight excluding hydrogens is 352 g/mol. The highest BCUT2D eigenvalue weighted by atomic mass is 32.2. The molecule has 138 valence electrons. The molecule has 7 heteroatoms. The normalized spacial score (nSPS) is 14.7. The molecule has 0 saturated heterocycles. The smallest absolute Gasteiger partial charge is 0.251 e. The van der Waals surface area contributed by atoms with Gasteiger partial charge in [0.2, 0.25) is 10.0 Å². The fourth-order valence-electron chi connectivity index (χ4n) is 2.99. The van der Waals surface area contributed by atoms with Crippen LogP contribution in [0.4, 0.5) is 0 Å². The summed E-state index contributed by atoms with van der Waals surface area (Å²) in [7, 11) is -2.11. The molecule has 3 rings (SSSR count). The second-order valence-corrected chi connectivity index (χ2v) is 8.07. The Kier molecular flexibility index (Phi) is 5.70. The number of fused-ring (bicyclic) bond motifs is 1. The maximum Gasteiger partial charge on any atom is 0.251 e. The van der Waals surface area contributed by atoms with Gasteiger partial charge in [0, 0.05) is 32.3 Å². The third kappa shape index (κ3) is 3.95. The van der Waals surface area contributed by atoms with Crippen LogP contribution in [0, 0.1) is 0 Å². The number of nitrogens with zero attached hydrogens (tertiary/aromatic N) is 1. The van der Waals surface area contributed by atoms with E-state index in [9.17, 15) is 13.2 Å². The number of ether oxygens (including phenoxy) is 1. The standard InChI is InChI=1S/C19H22N2O4S/c1-25-12-10-20-19(22)16-7-4-8-18(13-16)26(23,24)21-11-9-15-5-2-3-6-17(15)14-21/h2-8,13H,9-12,14H2,1H3,(H,20,22). The second kappa shape index (κ2) is 7.99. The molecule has 6 nitrogen and oxygen atoms in total. The van der Waals surface area contributed by atoms with Gasteiger partial charge >= 0.3 is 0 Å². The molecule has 0 radical (unpaired) electrons. The SMILES string of the molecule is COCCNC(=O)c1cccc(S(=O)(=O)N2CCc3ccccc3C2)c1. The van der Waals surface area contributed by atoms with Crippen molar-refractivity contribution in [1.82, 2.24) is 9.62 Å². The maximum atomic E-state index is 13.0. The zero-order valence-corrected chi connectivity index (χ0v) is 15.5. The lowest BCUT2D eigenvalue weighted by molar-refractivity contribution is 0.0937. The van der Waals surface area contributed by atoms with Crippen LogP contribution in [-0.4, -0.2) is 45.4 Å². The molecule has 0 aliphatic carbocycles. The zero-order chi connectivity index (χ0) is 18.6. The molecule has 0 spiro atoms. The van der Waals surface area contributed by atoms with Crippen molar-refractivity contribution < 1.29 is 17.9 Å². The summed E-state index contributed by atoms with van der Waals surface area (Å²) in [6, 6.07) is 14.0. The molecule has 2 aromatic carbocycles. The first-order valence-electron chi connectivity index (χ1n) is 8.46. The highest BCUT2D eigenvalue weighted by molar-refractivity contribution is 7.89. The van der Waals surface area contributed by atoms with Gasteiger partial charge in [0.25, 0.3) is 5.91 Å². The number of hydrogen-bond acceptors (Lipinski definition) is 4. The summed E-state index contributed by atoms with van der Waals surface area (Å²) < 4.78 is 32.4. The van der Waals surface area contributed by atoms with Gasteiger partial charge in [-0.15, -0.1) is 0 Å². The van der Waals surface area contributed by atoms with Crippen LogP contribution >= 0.6 is 0 Å². The van der Waals surface area contributed by atoms with E-state index in [1.807, 2.05) is 24.3 Å². The molecule has 26 heavy (non-hydrogen) atoms. The van der Waals surface area contributed by atoms with Crippen LogP contribution in [0.5, 0.6) is 0 Å². The Morgan fingerprint density at radius 1 is 1.15 bits per heavy atom. The maximum absolute atomic E-state index is 13.0. The van der Waals surface area contributed by atoms with E-state index in [1.165, 1.54) is 22.0 Å². The van der Waals surface area contributed by atoms with Crippen LogP contribution in [-0.2, 0) is 27.7 Å². The summed E-state index contributed by atoms with van der Waals surface area (Å²) >= 11 is 0. The molecule has 1 aliphatic rings. The van der Waals surface area contributed by atoms with Crippen molar-refractivity contribution in [2.24, 2.45) is 0 Å². The van der Waals surface area contributed by atoms with E-state index >= 15 is 0 Å². The van der Waals surface area contributed by atoms with Crippen molar-refractivity contribution in [2.45, 2.75) is 17.9 Å². The summed E-state index contributed by atoms with van der Waals surface area (Å²) in [6.45, 7) is 1.55. The number of methoxy groups -OCH3 is 1. The van der Waals surface area contributed by atoms with Crippen LogP contribution in [0.1, 0.15) is 21.5 Å². The minimum absolute atomic E-state index is 0.135. The molecule has 0 saturated carbocycles. The highest BCUT2D eigenvalue weighted by Gasteiger charge is 2.28. The number of hydrogen-bond donors (Lipinski definition) is 1. The molecule has 1 amide bonds. The Labute approximate surface area is 153 Å². The van der Waals surface area contributed by atoms with Gasteiger partial charge in [-0.3, -0.25) is 4.79 Å². The molecule has 1 heterocycles. The topological polar surface area (TPSA) is 75.7 Å². The fourth-order valence-corrected chi connectivity index (χ4v) is 4.46. The van der Waals surface area contributed by atoms with Gasteiger partial charge in [-0.2, -0.15) is 4.31 Å². The van der Waals surface area contributed by atoms with Crippen molar-refractivity contribution in [3.63, 3.8) is 0 Å². The molecular formula is C19H22N2O4S. The third-order valence-corrected chi connectivity index (χ3v) is 6.26. The van der Waals surface area contributed by atoms with Gasteiger partial charge in [0.1, 0.15) is 0 Å². The van der Waals surface area contributed by atoms with Crippen molar-refractivity contribution in [3.05, 3.63) is 65.2 Å². The van der Waals surface area contributed by atoms with Crippen LogP contribution in [0.3, 0.4) is 0 Å². The van der Waals surface area contributed by atoms with E-state index in [-0.39, 0.29) is 10.8 Å². The first-order chi connectivity index (χ1) is 12.5. The van der Waals surface area contributed by atoms with E-state index in [4.69, 9.17) is 4.74 Å². The van der Waals surface area contributed by atoms with Gasteiger partial charge in [0.05, 0.1) is 11.5 Å². The van der Waals surface area contributed by atoms with Crippen LogP contribution in [0.2, 0.25) is 0 Å². The highest BCUT2D eigenvalue weighted by Crippen LogP contribution is 2.25. The number of carbonyl (C=O) groups excluding carboxylic acids is 1. The first-order valence-corrected chi connectivity index (χ1v) is 9.90. The van der Waals surface area contributed by atoms with Gasteiger partial charge in [-0.25, -0.2) is 8.42 Å². The average molecular weight is 374 g/mol. The predicted molar refractivity (Wildman–Crippen MR) is 98.4 cm³/mol. The van der Waals surface area contributed by atoms with Crippen LogP contribution in [0.15, 0.2) is 53.4 Å². The van der Waals surface area contributed by atoms with E-state index < -0.39 is 10.0 Å². The molecule has 0 unspecified atom stereocenters. The Balaban J connectivity index is 1.80. The van der Waals surface area contributed by atoms with Gasteiger partial charge in [-0.1, -0.05) is 30.3 Å². The van der Waals surface area contributed by atoms with Gasteiger partial charge < -0.3 is 10.1 Å². The average Bonchev–Trinajstić information content (AvgIpc) is 2.67. The molecule has 0 atom stereocenters. The Morgan fingerprint density at radius 2 is 1.92 bits per heavy atom. The number of sulfonamides is 1. The monoisotopic (exact) mass is 374 g/mol. The molecule has 2 aromatic rings. The van der Waals surface area contributed by atoms with Crippen molar-refractivity contribution in [2.75, 3.05) is 26.8 Å². The molecule has 0 fully saturated rings. The van der Waals surface area contributed by atoms with Crippen molar-refractivity contribution in [3.8, 4) is 0 Å². The number of benzene rings is 2. The first kappa shape index (κ1) is 18.6. The lowest BCUT2D eigenvalue weighted by atomic mass is 10.0. The Hall–Kier alpha value is -2.22. The molecule has 1 aliphatic heterocycles. The molecule has 1 N–H and O–H groups in total. The summed E-state index contributed by atoms with van der Waals surface area (Å²) in [4.78, 5) is 12.3. The number of rotatable bonds is 6. The van der Waals surface area contributed by atoms with E-state index in [1.54, 1.807) is 19.2 Å². The largest absolute Gasteiger partial charge is 0.383 e. The van der Waals surface area contributed by atoms with Crippen LogP contribution < -0.4 is 5.32 Å². The minimum Gasteiger partial charge on any atom is -0.383 e. The summed E-state index contributed by atoms with van der Waals surface area (Å²) in [5, 5.41) is 2.70. The minimum atomic E-state index is -3.66. The third-order valence-electron chi connectivity index (χ3n) is 4.42.